The lowest BCUT2D eigenvalue weighted by Crippen LogP contribution is -2.09. The van der Waals surface area contributed by atoms with E-state index in [9.17, 15) is 9.59 Å². The third kappa shape index (κ3) is 3.87. The molecular formula is C22H17NO3. The van der Waals surface area contributed by atoms with Crippen molar-refractivity contribution in [1.29, 1.82) is 0 Å². The molecule has 0 aliphatic rings. The molecule has 0 bridgehead atoms. The summed E-state index contributed by atoms with van der Waals surface area (Å²) >= 11 is 0. The number of aromatic carboxylic acids is 1. The molecule has 0 saturated heterocycles. The Morgan fingerprint density at radius 2 is 1.23 bits per heavy atom. The molecule has 0 saturated carbocycles. The van der Waals surface area contributed by atoms with Crippen molar-refractivity contribution in [3.8, 4) is 0 Å². The van der Waals surface area contributed by atoms with Gasteiger partial charge in [-0.15, -0.1) is 0 Å². The van der Waals surface area contributed by atoms with E-state index in [1.54, 1.807) is 42.5 Å². The Hall–Kier alpha value is -3.66. The first kappa shape index (κ1) is 17.2. The summed E-state index contributed by atoms with van der Waals surface area (Å²) in [5.74, 6) is -1.37. The van der Waals surface area contributed by atoms with E-state index in [0.717, 1.165) is 0 Å². The number of hydrogen-bond acceptors (Lipinski definition) is 2. The van der Waals surface area contributed by atoms with Crippen LogP contribution in [0.3, 0.4) is 0 Å². The molecule has 0 fully saturated rings. The largest absolute Gasteiger partial charge is 0.478 e. The summed E-state index contributed by atoms with van der Waals surface area (Å²) in [6.07, 6.45) is 4.07. The Morgan fingerprint density at radius 3 is 1.92 bits per heavy atom. The highest BCUT2D eigenvalue weighted by Gasteiger charge is 2.16. The van der Waals surface area contributed by atoms with Crippen molar-refractivity contribution in [2.75, 3.05) is 0 Å². The molecule has 0 aliphatic heterocycles. The van der Waals surface area contributed by atoms with Crippen LogP contribution in [0.4, 0.5) is 0 Å². The minimum atomic E-state index is -1.09. The van der Waals surface area contributed by atoms with Crippen LogP contribution in [0.1, 0.15) is 26.3 Å². The molecule has 1 N–H and O–H groups in total. The summed E-state index contributed by atoms with van der Waals surface area (Å²) in [4.78, 5) is 23.1. The third-order valence-corrected chi connectivity index (χ3v) is 3.87. The molecule has 26 heavy (non-hydrogen) atoms. The third-order valence-electron chi connectivity index (χ3n) is 3.87. The SMILES string of the molecule is O=C(O)c1ccccc1C(=O)c1ccccc1.c1ccn2cccc2c1. The maximum Gasteiger partial charge on any atom is 0.336 e. The van der Waals surface area contributed by atoms with Gasteiger partial charge in [-0.05, 0) is 30.3 Å². The second kappa shape index (κ2) is 7.94. The van der Waals surface area contributed by atoms with Crippen LogP contribution in [0.25, 0.3) is 5.52 Å². The van der Waals surface area contributed by atoms with Gasteiger partial charge < -0.3 is 9.51 Å². The van der Waals surface area contributed by atoms with Gasteiger partial charge in [-0.1, -0.05) is 54.6 Å². The Kier molecular flexibility index (Phi) is 5.25. The topological polar surface area (TPSA) is 58.8 Å². The zero-order chi connectivity index (χ0) is 18.4. The van der Waals surface area contributed by atoms with Crippen LogP contribution in [0, 0.1) is 0 Å². The molecule has 4 heteroatoms. The van der Waals surface area contributed by atoms with Crippen molar-refractivity contribution in [1.82, 2.24) is 4.40 Å². The fraction of sp³-hybridized carbons (Fsp3) is 0. The van der Waals surface area contributed by atoms with Crippen LogP contribution in [-0.2, 0) is 0 Å². The summed E-state index contributed by atoms with van der Waals surface area (Å²) in [5.41, 5.74) is 1.98. The van der Waals surface area contributed by atoms with E-state index >= 15 is 0 Å². The lowest BCUT2D eigenvalue weighted by molar-refractivity contribution is 0.0693. The van der Waals surface area contributed by atoms with Crippen molar-refractivity contribution < 1.29 is 14.7 Å². The highest BCUT2D eigenvalue weighted by molar-refractivity contribution is 6.14. The molecule has 4 aromatic rings. The Morgan fingerprint density at radius 1 is 0.654 bits per heavy atom. The number of carbonyl (C=O) groups excluding carboxylic acids is 1. The van der Waals surface area contributed by atoms with Gasteiger partial charge in [0, 0.05) is 29.0 Å². The monoisotopic (exact) mass is 343 g/mol. The average Bonchev–Trinajstić information content (AvgIpc) is 3.17. The van der Waals surface area contributed by atoms with Crippen molar-refractivity contribution in [3.05, 3.63) is 114 Å². The molecular weight excluding hydrogens is 326 g/mol. The number of carbonyl (C=O) groups is 2. The summed E-state index contributed by atoms with van der Waals surface area (Å²) < 4.78 is 2.08. The first-order chi connectivity index (χ1) is 12.7. The van der Waals surface area contributed by atoms with Crippen LogP contribution in [0.5, 0.6) is 0 Å². The summed E-state index contributed by atoms with van der Waals surface area (Å²) in [6, 6.07) is 25.1. The maximum absolute atomic E-state index is 12.1. The highest BCUT2D eigenvalue weighted by Crippen LogP contribution is 2.14. The van der Waals surface area contributed by atoms with Gasteiger partial charge in [0.1, 0.15) is 0 Å². The van der Waals surface area contributed by atoms with Crippen LogP contribution in [0.2, 0.25) is 0 Å². The zero-order valence-corrected chi connectivity index (χ0v) is 13.9. The smallest absolute Gasteiger partial charge is 0.336 e. The van der Waals surface area contributed by atoms with E-state index < -0.39 is 5.97 Å². The van der Waals surface area contributed by atoms with Crippen molar-refractivity contribution in [2.45, 2.75) is 0 Å². The van der Waals surface area contributed by atoms with E-state index in [4.69, 9.17) is 5.11 Å². The van der Waals surface area contributed by atoms with E-state index in [1.165, 1.54) is 17.6 Å². The van der Waals surface area contributed by atoms with Crippen LogP contribution >= 0.6 is 0 Å². The van der Waals surface area contributed by atoms with Gasteiger partial charge in [-0.3, -0.25) is 4.79 Å². The van der Waals surface area contributed by atoms with Gasteiger partial charge in [0.05, 0.1) is 5.56 Å². The molecule has 2 heterocycles. The second-order valence-electron chi connectivity index (χ2n) is 5.59. The molecule has 4 nitrogen and oxygen atoms in total. The quantitative estimate of drug-likeness (QED) is 0.555. The van der Waals surface area contributed by atoms with Crippen molar-refractivity contribution >= 4 is 17.3 Å². The molecule has 0 amide bonds. The molecule has 2 aromatic heterocycles. The number of pyridine rings is 1. The molecule has 128 valence electrons. The Bertz CT molecular complexity index is 1010. The summed E-state index contributed by atoms with van der Waals surface area (Å²) in [5, 5.41) is 9.01. The number of hydrogen-bond donors (Lipinski definition) is 1. The van der Waals surface area contributed by atoms with Crippen molar-refractivity contribution in [2.24, 2.45) is 0 Å². The number of rotatable bonds is 3. The maximum atomic E-state index is 12.1. The lowest BCUT2D eigenvalue weighted by atomic mass is 9.98. The van der Waals surface area contributed by atoms with E-state index in [-0.39, 0.29) is 16.9 Å². The number of nitrogens with zero attached hydrogens (tertiary/aromatic N) is 1. The fourth-order valence-electron chi connectivity index (χ4n) is 2.59. The normalized spacial score (nSPS) is 10.0. The molecule has 0 radical (unpaired) electrons. The summed E-state index contributed by atoms with van der Waals surface area (Å²) in [6.45, 7) is 0. The Balaban J connectivity index is 0.000000181. The molecule has 0 atom stereocenters. The number of carboxylic acid groups (broad SMARTS) is 1. The van der Waals surface area contributed by atoms with Gasteiger partial charge >= 0.3 is 5.97 Å². The molecule has 2 aromatic carbocycles. The first-order valence-corrected chi connectivity index (χ1v) is 8.10. The predicted molar refractivity (Wildman–Crippen MR) is 101 cm³/mol. The van der Waals surface area contributed by atoms with E-state index in [1.807, 2.05) is 30.6 Å². The van der Waals surface area contributed by atoms with E-state index in [0.29, 0.717) is 5.56 Å². The van der Waals surface area contributed by atoms with Gasteiger partial charge in [-0.25, -0.2) is 4.79 Å². The average molecular weight is 343 g/mol. The fourth-order valence-corrected chi connectivity index (χ4v) is 2.59. The summed E-state index contributed by atoms with van der Waals surface area (Å²) in [7, 11) is 0. The first-order valence-electron chi connectivity index (χ1n) is 8.10. The molecule has 0 unspecified atom stereocenters. The molecule has 0 spiro atoms. The number of ketones is 1. The van der Waals surface area contributed by atoms with Crippen LogP contribution in [0.15, 0.2) is 97.3 Å². The van der Waals surface area contributed by atoms with Crippen molar-refractivity contribution in [3.63, 3.8) is 0 Å². The minimum Gasteiger partial charge on any atom is -0.478 e. The highest BCUT2D eigenvalue weighted by atomic mass is 16.4. The lowest BCUT2D eigenvalue weighted by Gasteiger charge is -2.04. The van der Waals surface area contributed by atoms with Crippen LogP contribution < -0.4 is 0 Å². The number of fused-ring (bicyclic) bond motifs is 1. The second-order valence-corrected chi connectivity index (χ2v) is 5.59. The zero-order valence-electron chi connectivity index (χ0n) is 13.9. The van der Waals surface area contributed by atoms with E-state index in [2.05, 4.69) is 16.5 Å². The van der Waals surface area contributed by atoms with Gasteiger partial charge in [0.15, 0.2) is 5.78 Å². The Labute approximate surface area is 151 Å². The minimum absolute atomic E-state index is 0.0290. The molecule has 4 rings (SSSR count). The number of carboxylic acids is 1. The van der Waals surface area contributed by atoms with Gasteiger partial charge in [0.25, 0.3) is 0 Å². The van der Waals surface area contributed by atoms with Gasteiger partial charge in [-0.2, -0.15) is 0 Å². The standard InChI is InChI=1S/C14H10O3.C8H7N/c15-13(10-6-2-1-3-7-10)11-8-4-5-9-12(11)14(16)17;1-2-6-9-7-3-5-8(9)4-1/h1-9H,(H,16,17);1-7H. The number of benzene rings is 2. The van der Waals surface area contributed by atoms with Gasteiger partial charge in [0.2, 0.25) is 0 Å². The number of aromatic nitrogens is 1. The predicted octanol–water partition coefficient (Wildman–Crippen LogP) is 4.56. The molecule has 0 aliphatic carbocycles. The van der Waals surface area contributed by atoms with Crippen LogP contribution in [-0.4, -0.2) is 21.3 Å².